The van der Waals surface area contributed by atoms with Crippen LogP contribution in [-0.4, -0.2) is 43.9 Å². The van der Waals surface area contributed by atoms with Gasteiger partial charge in [-0.1, -0.05) is 49.0 Å². The maximum atomic E-state index is 12.6. The Hall–Kier alpha value is -2.02. The van der Waals surface area contributed by atoms with Crippen LogP contribution in [0.25, 0.3) is 0 Å². The van der Waals surface area contributed by atoms with Crippen LogP contribution in [0, 0.1) is 0 Å². The second-order valence-electron chi connectivity index (χ2n) is 6.63. The molecule has 0 saturated carbocycles. The van der Waals surface area contributed by atoms with Gasteiger partial charge in [-0.2, -0.15) is 0 Å². The van der Waals surface area contributed by atoms with Crippen molar-refractivity contribution in [3.8, 4) is 0 Å². The summed E-state index contributed by atoms with van der Waals surface area (Å²) in [5, 5.41) is 7.20. The topological polar surface area (TPSA) is 71.0 Å². The summed E-state index contributed by atoms with van der Waals surface area (Å²) in [6.07, 6.45) is 5.13. The Morgan fingerprint density at radius 2 is 2.12 bits per heavy atom. The minimum atomic E-state index is -0.222. The molecule has 1 saturated heterocycles. The van der Waals surface area contributed by atoms with Gasteiger partial charge >= 0.3 is 5.69 Å². The number of hydrogen-bond donors (Lipinski definition) is 1. The average Bonchev–Trinajstić information content (AvgIpc) is 3.04. The fraction of sp³-hybridized carbons (Fsp3) is 0.526. The molecule has 26 heavy (non-hydrogen) atoms. The third-order valence-corrected chi connectivity index (χ3v) is 5.89. The number of likely N-dealkylation sites (tertiary alicyclic amines) is 1. The summed E-state index contributed by atoms with van der Waals surface area (Å²) < 4.78 is 1.62. The highest BCUT2D eigenvalue weighted by Crippen LogP contribution is 2.22. The second-order valence-corrected chi connectivity index (χ2v) is 7.57. The first-order valence-corrected chi connectivity index (χ1v) is 10.3. The lowest BCUT2D eigenvalue weighted by atomic mass is 10.0. The van der Waals surface area contributed by atoms with Crippen molar-refractivity contribution in [1.29, 1.82) is 0 Å². The van der Waals surface area contributed by atoms with Crippen molar-refractivity contribution in [3.63, 3.8) is 0 Å². The lowest BCUT2D eigenvalue weighted by Gasteiger charge is -2.35. The molecule has 0 aliphatic carbocycles. The van der Waals surface area contributed by atoms with Crippen LogP contribution in [-0.2, 0) is 17.8 Å². The summed E-state index contributed by atoms with van der Waals surface area (Å²) in [5.74, 6) is 0.471. The Balaban J connectivity index is 1.60. The van der Waals surface area contributed by atoms with Gasteiger partial charge < -0.3 is 4.90 Å². The summed E-state index contributed by atoms with van der Waals surface area (Å²) in [6, 6.07) is 10.4. The number of aromatic nitrogens is 3. The molecule has 2 aromatic rings. The van der Waals surface area contributed by atoms with E-state index in [1.54, 1.807) is 4.57 Å². The smallest absolute Gasteiger partial charge is 0.339 e. The molecule has 0 bridgehead atoms. The number of hydrogen-bond acceptors (Lipinski definition) is 4. The Kier molecular flexibility index (Phi) is 6.55. The average molecular weight is 375 g/mol. The van der Waals surface area contributed by atoms with E-state index in [1.165, 1.54) is 23.7 Å². The molecule has 1 aliphatic rings. The van der Waals surface area contributed by atoms with Gasteiger partial charge in [0.25, 0.3) is 0 Å². The van der Waals surface area contributed by atoms with E-state index in [-0.39, 0.29) is 11.6 Å². The van der Waals surface area contributed by atoms with Crippen molar-refractivity contribution < 1.29 is 4.79 Å². The van der Waals surface area contributed by atoms with E-state index in [9.17, 15) is 9.59 Å². The van der Waals surface area contributed by atoms with E-state index in [0.29, 0.717) is 23.5 Å². The fourth-order valence-corrected chi connectivity index (χ4v) is 4.32. The van der Waals surface area contributed by atoms with Gasteiger partial charge in [-0.3, -0.25) is 9.36 Å². The van der Waals surface area contributed by atoms with Crippen LogP contribution in [0.2, 0.25) is 0 Å². The molecule has 1 N–H and O–H groups in total. The maximum absolute atomic E-state index is 12.6. The normalized spacial score (nSPS) is 17.4. The highest BCUT2D eigenvalue weighted by Gasteiger charge is 2.25. The number of aryl methyl sites for hydroxylation is 1. The number of nitrogens with zero attached hydrogens (tertiary/aromatic N) is 3. The molecule has 1 aromatic heterocycles. The molecule has 1 atom stereocenters. The number of nitrogens with one attached hydrogen (secondary N) is 1. The first kappa shape index (κ1) is 18.8. The summed E-state index contributed by atoms with van der Waals surface area (Å²) in [7, 11) is 0. The van der Waals surface area contributed by atoms with Crippen molar-refractivity contribution in [3.05, 3.63) is 46.4 Å². The molecule has 0 radical (unpaired) electrons. The molecular weight excluding hydrogens is 348 g/mol. The molecule has 6 nitrogen and oxygen atoms in total. The molecule has 0 unspecified atom stereocenters. The summed E-state index contributed by atoms with van der Waals surface area (Å²) in [5.41, 5.74) is 0.951. The molecular formula is C19H26N4O2S. The standard InChI is InChI=1S/C19H26N4O2S/c1-2-16-10-6-7-12-22(16)17(24)14-26-19-21-20-18(25)23(19)13-11-15-8-4-3-5-9-15/h3-5,8-9,16H,2,6-7,10-14H2,1H3,(H,20,25)/t16-/m0/s1. The van der Waals surface area contributed by atoms with Gasteiger partial charge in [-0.25, -0.2) is 9.89 Å². The van der Waals surface area contributed by atoms with Crippen LogP contribution in [0.3, 0.4) is 0 Å². The molecule has 0 spiro atoms. The van der Waals surface area contributed by atoms with Gasteiger partial charge in [0.1, 0.15) is 0 Å². The van der Waals surface area contributed by atoms with Crippen molar-refractivity contribution >= 4 is 17.7 Å². The van der Waals surface area contributed by atoms with Crippen molar-refractivity contribution in [2.45, 2.75) is 56.8 Å². The zero-order valence-corrected chi connectivity index (χ0v) is 16.0. The predicted octanol–water partition coefficient (Wildman–Crippen LogP) is 2.70. The zero-order chi connectivity index (χ0) is 18.4. The number of piperidine rings is 1. The lowest BCUT2D eigenvalue weighted by molar-refractivity contribution is -0.132. The highest BCUT2D eigenvalue weighted by atomic mass is 32.2. The molecule has 1 amide bonds. The van der Waals surface area contributed by atoms with E-state index in [1.807, 2.05) is 35.2 Å². The van der Waals surface area contributed by atoms with Crippen LogP contribution < -0.4 is 5.69 Å². The molecule has 1 fully saturated rings. The minimum Gasteiger partial charge on any atom is -0.339 e. The number of thioether (sulfide) groups is 1. The molecule has 140 valence electrons. The molecule has 1 aliphatic heterocycles. The number of rotatable bonds is 7. The number of carbonyl (C=O) groups excluding carboxylic acids is 1. The number of aromatic amines is 1. The Morgan fingerprint density at radius 1 is 1.31 bits per heavy atom. The predicted molar refractivity (Wildman–Crippen MR) is 103 cm³/mol. The number of amides is 1. The van der Waals surface area contributed by atoms with Crippen LogP contribution in [0.4, 0.5) is 0 Å². The summed E-state index contributed by atoms with van der Waals surface area (Å²) in [6.45, 7) is 3.54. The van der Waals surface area contributed by atoms with E-state index in [0.717, 1.165) is 32.2 Å². The van der Waals surface area contributed by atoms with Crippen molar-refractivity contribution in [2.24, 2.45) is 0 Å². The van der Waals surface area contributed by atoms with Gasteiger partial charge in [0, 0.05) is 19.1 Å². The monoisotopic (exact) mass is 374 g/mol. The van der Waals surface area contributed by atoms with Gasteiger partial charge in [0.05, 0.1) is 5.75 Å². The first-order valence-electron chi connectivity index (χ1n) is 9.30. The van der Waals surface area contributed by atoms with Crippen molar-refractivity contribution in [1.82, 2.24) is 19.7 Å². The summed E-state index contributed by atoms with van der Waals surface area (Å²) in [4.78, 5) is 26.7. The van der Waals surface area contributed by atoms with Gasteiger partial charge in [0.15, 0.2) is 5.16 Å². The molecule has 7 heteroatoms. The van der Waals surface area contributed by atoms with E-state index < -0.39 is 0 Å². The van der Waals surface area contributed by atoms with E-state index in [2.05, 4.69) is 17.1 Å². The second kappa shape index (κ2) is 9.07. The van der Waals surface area contributed by atoms with E-state index >= 15 is 0 Å². The molecule has 3 rings (SSSR count). The number of H-pyrrole nitrogens is 1. The molecule has 2 heterocycles. The van der Waals surface area contributed by atoms with Crippen LogP contribution >= 0.6 is 11.8 Å². The number of benzene rings is 1. The quantitative estimate of drug-likeness (QED) is 0.757. The Morgan fingerprint density at radius 3 is 2.88 bits per heavy atom. The molecule has 1 aromatic carbocycles. The van der Waals surface area contributed by atoms with Crippen LogP contribution in [0.15, 0.2) is 40.3 Å². The van der Waals surface area contributed by atoms with Crippen LogP contribution in [0.1, 0.15) is 38.2 Å². The SMILES string of the molecule is CC[C@H]1CCCCN1C(=O)CSc1n[nH]c(=O)n1CCc1ccccc1. The fourth-order valence-electron chi connectivity index (χ4n) is 3.46. The Labute approximate surface area is 158 Å². The first-order chi connectivity index (χ1) is 12.7. The third kappa shape index (κ3) is 4.58. The van der Waals surface area contributed by atoms with Gasteiger partial charge in [-0.15, -0.1) is 5.10 Å². The van der Waals surface area contributed by atoms with Gasteiger partial charge in [-0.05, 0) is 37.7 Å². The van der Waals surface area contributed by atoms with Crippen molar-refractivity contribution in [2.75, 3.05) is 12.3 Å². The number of carbonyl (C=O) groups is 1. The van der Waals surface area contributed by atoms with Crippen LogP contribution in [0.5, 0.6) is 0 Å². The van der Waals surface area contributed by atoms with E-state index in [4.69, 9.17) is 0 Å². The third-order valence-electron chi connectivity index (χ3n) is 4.93. The highest BCUT2D eigenvalue weighted by molar-refractivity contribution is 7.99. The Bertz CT molecular complexity index is 771. The lowest BCUT2D eigenvalue weighted by Crippen LogP contribution is -2.44. The largest absolute Gasteiger partial charge is 0.343 e. The maximum Gasteiger partial charge on any atom is 0.343 e. The van der Waals surface area contributed by atoms with Gasteiger partial charge in [0.2, 0.25) is 5.91 Å². The minimum absolute atomic E-state index is 0.145. The zero-order valence-electron chi connectivity index (χ0n) is 15.2. The summed E-state index contributed by atoms with van der Waals surface area (Å²) >= 11 is 1.35.